The molecule has 146 valence electrons. The second-order valence-corrected chi connectivity index (χ2v) is 5.88. The number of nitrogens with zero attached hydrogens (tertiary/aromatic N) is 2. The molecule has 0 bridgehead atoms. The molecular weight excluding hydrogens is 351 g/mol. The van der Waals surface area contributed by atoms with Crippen molar-refractivity contribution in [2.24, 2.45) is 5.92 Å². The van der Waals surface area contributed by atoms with E-state index in [9.17, 15) is 9.59 Å². The van der Waals surface area contributed by atoms with E-state index >= 15 is 0 Å². The number of hydrogen-bond donors (Lipinski definition) is 2. The van der Waals surface area contributed by atoms with E-state index in [1.165, 1.54) is 0 Å². The largest absolute Gasteiger partial charge is 1.00 e. The molecule has 2 aliphatic heterocycles. The van der Waals surface area contributed by atoms with E-state index in [1.54, 1.807) is 9.80 Å². The second kappa shape index (κ2) is 11.9. The normalized spacial score (nSPS) is 26.4. The molecule has 2 aliphatic rings. The molecule has 0 radical (unpaired) electrons. The highest BCUT2D eigenvalue weighted by molar-refractivity contribution is 6.35. The van der Waals surface area contributed by atoms with Crippen LogP contribution < -0.4 is 35.4 Å². The molecule has 24 heavy (non-hydrogen) atoms. The van der Waals surface area contributed by atoms with E-state index in [0.717, 1.165) is 19.5 Å². The van der Waals surface area contributed by atoms with Crippen LogP contribution in [0.25, 0.3) is 0 Å². The summed E-state index contributed by atoms with van der Waals surface area (Å²) in [5.74, 6) is -0.368. The van der Waals surface area contributed by atoms with Crippen LogP contribution in [0.1, 0.15) is 49.0 Å². The average Bonchev–Trinajstić information content (AvgIpc) is 3.02. The zero-order chi connectivity index (χ0) is 14.9. The molecule has 0 spiro atoms. The third-order valence-corrected chi connectivity index (χ3v) is 4.64. The molecule has 4 unspecified atom stereocenters. The van der Waals surface area contributed by atoms with Crippen LogP contribution in [0.3, 0.4) is 0 Å². The Morgan fingerprint density at radius 1 is 1.08 bits per heavy atom. The van der Waals surface area contributed by atoms with Gasteiger partial charge in [0, 0.05) is 25.7 Å². The van der Waals surface area contributed by atoms with Crippen LogP contribution in [-0.4, -0.2) is 59.6 Å². The number of carbonyl (C=O) groups is 2. The smallest absolute Gasteiger partial charge is 0.313 e. The van der Waals surface area contributed by atoms with Crippen LogP contribution in [0.5, 0.6) is 0 Å². The Balaban J connectivity index is -0.00000110. The van der Waals surface area contributed by atoms with Gasteiger partial charge in [0.2, 0.25) is 0 Å². The molecule has 4 atom stereocenters. The van der Waals surface area contributed by atoms with Crippen molar-refractivity contribution in [3.63, 3.8) is 0 Å². The fourth-order valence-corrected chi connectivity index (χ4v) is 3.06. The fourth-order valence-electron chi connectivity index (χ4n) is 3.06. The lowest BCUT2D eigenvalue weighted by Crippen LogP contribution is -3.00. The first-order valence-corrected chi connectivity index (χ1v) is 7.57. The van der Waals surface area contributed by atoms with Gasteiger partial charge < -0.3 is 34.6 Å². The Morgan fingerprint density at radius 2 is 1.67 bits per heavy atom. The highest BCUT2D eigenvalue weighted by Gasteiger charge is 2.41. The molecule has 0 aromatic rings. The van der Waals surface area contributed by atoms with E-state index in [2.05, 4.69) is 24.5 Å². The molecule has 2 N–H and O–H groups in total. The Hall–Kier alpha value is -0.560. The van der Waals surface area contributed by atoms with Gasteiger partial charge in [-0.2, -0.15) is 0 Å². The molecule has 0 aromatic heterocycles. The lowest BCUT2D eigenvalue weighted by molar-refractivity contribution is -0.154. The maximum atomic E-state index is 12.6. The van der Waals surface area contributed by atoms with Crippen molar-refractivity contribution in [1.29, 1.82) is 0 Å². The van der Waals surface area contributed by atoms with Gasteiger partial charge in [-0.25, -0.2) is 0 Å². The number of amides is 2. The molecule has 2 heterocycles. The van der Waals surface area contributed by atoms with Crippen molar-refractivity contribution in [2.75, 3.05) is 19.6 Å². The van der Waals surface area contributed by atoms with Crippen LogP contribution in [0.2, 0.25) is 0 Å². The lowest BCUT2D eigenvalue weighted by atomic mass is 9.98. The summed E-state index contributed by atoms with van der Waals surface area (Å²) in [6.45, 7) is 10.2. The number of halogens is 2. The van der Waals surface area contributed by atoms with Gasteiger partial charge in [0.05, 0.1) is 12.3 Å². The predicted octanol–water partition coefficient (Wildman–Crippen LogP) is -4.76. The van der Waals surface area contributed by atoms with E-state index in [4.69, 9.17) is 0 Å². The molecule has 2 amide bonds. The molecule has 2 saturated heterocycles. The fraction of sp³-hybridized carbons (Fsp3) is 0.875. The van der Waals surface area contributed by atoms with Gasteiger partial charge in [-0.3, -0.25) is 20.2 Å². The van der Waals surface area contributed by atoms with Crippen LogP contribution in [0, 0.1) is 5.92 Å². The summed E-state index contributed by atoms with van der Waals surface area (Å²) in [7, 11) is 0. The first-order chi connectivity index (χ1) is 9.47. The van der Waals surface area contributed by atoms with Crippen LogP contribution in [0.15, 0.2) is 0 Å². The number of nitrogens with one attached hydrogen (secondary N) is 2. The van der Waals surface area contributed by atoms with Gasteiger partial charge >= 0.3 is 11.8 Å². The maximum absolute atomic E-state index is 12.6. The maximum Gasteiger partial charge on any atom is 0.313 e. The number of hydrogen-bond acceptors (Lipinski definition) is 4. The van der Waals surface area contributed by atoms with E-state index in [-0.39, 0.29) is 69.9 Å². The summed E-state index contributed by atoms with van der Waals surface area (Å²) < 4.78 is 0. The Kier molecular flexibility index (Phi) is 14.0. The molecule has 8 heteroatoms. The van der Waals surface area contributed by atoms with Gasteiger partial charge in [-0.1, -0.05) is 35.1 Å². The monoisotopic (exact) mass is 384 g/mol. The van der Waals surface area contributed by atoms with E-state index in [1.807, 2.05) is 13.8 Å². The summed E-state index contributed by atoms with van der Waals surface area (Å²) in [6.07, 6.45) is 0.870. The van der Waals surface area contributed by atoms with Gasteiger partial charge in [-0.15, -0.1) is 0 Å². The predicted molar refractivity (Wildman–Crippen MR) is 90.2 cm³/mol. The Morgan fingerprint density at radius 3 is 2.12 bits per heavy atom. The summed E-state index contributed by atoms with van der Waals surface area (Å²) in [4.78, 5) is 28.4. The average molecular weight is 385 g/mol. The summed E-state index contributed by atoms with van der Waals surface area (Å²) in [6, 6.07) is 0.109. The van der Waals surface area contributed by atoms with Crippen LogP contribution in [0.4, 0.5) is 0 Å². The third kappa shape index (κ3) is 5.48. The highest BCUT2D eigenvalue weighted by Crippen LogP contribution is 2.22. The minimum absolute atomic E-state index is 0. The Bertz CT molecular complexity index is 398. The summed E-state index contributed by atoms with van der Waals surface area (Å²) >= 11 is 0. The van der Waals surface area contributed by atoms with Crippen molar-refractivity contribution in [3.05, 3.63) is 0 Å². The van der Waals surface area contributed by atoms with Gasteiger partial charge in [0.15, 0.2) is 0 Å². The van der Waals surface area contributed by atoms with Gasteiger partial charge in [-0.05, 0) is 19.8 Å². The van der Waals surface area contributed by atoms with Gasteiger partial charge in [0.1, 0.15) is 0 Å². The number of rotatable bonds is 2. The minimum atomic E-state index is -0.383. The SMILES string of the molecule is C.C.CCC(C)C1CNC(C)N1C(=O)C(=O)N1CCNC1C.[Cl-].[Cl-]. The highest BCUT2D eigenvalue weighted by atomic mass is 35.5. The molecular formula is C16H34Cl2N4O2-2. The quantitative estimate of drug-likeness (QED) is 0.469. The van der Waals surface area contributed by atoms with Crippen molar-refractivity contribution < 1.29 is 34.4 Å². The van der Waals surface area contributed by atoms with Crippen LogP contribution >= 0.6 is 0 Å². The van der Waals surface area contributed by atoms with Crippen molar-refractivity contribution >= 4 is 11.8 Å². The first kappa shape index (κ1) is 28.3. The minimum Gasteiger partial charge on any atom is -1.00 e. The summed E-state index contributed by atoms with van der Waals surface area (Å²) in [5.41, 5.74) is 0. The van der Waals surface area contributed by atoms with Crippen molar-refractivity contribution in [3.8, 4) is 0 Å². The van der Waals surface area contributed by atoms with Crippen molar-refractivity contribution in [1.82, 2.24) is 20.4 Å². The molecule has 2 rings (SSSR count). The van der Waals surface area contributed by atoms with Crippen molar-refractivity contribution in [2.45, 2.75) is 67.3 Å². The standard InChI is InChI=1S/C14H26N4O2.2CH4.2ClH/c1-5-9(2)12-8-16-11(4)18(12)14(20)13(19)17-7-6-15-10(17)3;;;;/h9-12,15-16H,5-8H2,1-4H3;2*1H4;2*1H/p-2. The molecule has 0 aliphatic carbocycles. The lowest BCUT2D eigenvalue weighted by Gasteiger charge is -2.32. The molecule has 6 nitrogen and oxygen atoms in total. The second-order valence-electron chi connectivity index (χ2n) is 5.88. The van der Waals surface area contributed by atoms with Gasteiger partial charge in [0.25, 0.3) is 0 Å². The van der Waals surface area contributed by atoms with E-state index in [0.29, 0.717) is 12.5 Å². The Labute approximate surface area is 159 Å². The topological polar surface area (TPSA) is 64.7 Å². The van der Waals surface area contributed by atoms with Crippen LogP contribution in [-0.2, 0) is 9.59 Å². The summed E-state index contributed by atoms with van der Waals surface area (Å²) in [5, 5.41) is 6.46. The third-order valence-electron chi connectivity index (χ3n) is 4.64. The number of carbonyl (C=O) groups excluding carboxylic acids is 2. The zero-order valence-electron chi connectivity index (χ0n) is 13.6. The molecule has 2 fully saturated rings. The zero-order valence-corrected chi connectivity index (χ0v) is 15.1. The van der Waals surface area contributed by atoms with E-state index < -0.39 is 0 Å². The first-order valence-electron chi connectivity index (χ1n) is 7.57. The molecule has 0 aromatic carbocycles. The molecule has 0 saturated carbocycles.